The van der Waals surface area contributed by atoms with Gasteiger partial charge in [-0.25, -0.2) is 14.3 Å². The van der Waals surface area contributed by atoms with E-state index in [1.165, 1.54) is 4.68 Å². The van der Waals surface area contributed by atoms with Crippen molar-refractivity contribution in [2.45, 2.75) is 6.42 Å². The van der Waals surface area contributed by atoms with Crippen LogP contribution in [0.15, 0.2) is 83.7 Å². The van der Waals surface area contributed by atoms with Gasteiger partial charge < -0.3 is 14.9 Å². The van der Waals surface area contributed by atoms with E-state index in [1.807, 2.05) is 18.2 Å². The molecule has 0 radical (unpaired) electrons. The maximum absolute atomic E-state index is 13.2. The van der Waals surface area contributed by atoms with E-state index in [4.69, 9.17) is 9.47 Å². The maximum Gasteiger partial charge on any atom is 0.336 e. The predicted octanol–water partition coefficient (Wildman–Crippen LogP) is 3.32. The van der Waals surface area contributed by atoms with Gasteiger partial charge in [-0.05, 0) is 34.9 Å². The highest BCUT2D eigenvalue weighted by molar-refractivity contribution is 5.99. The Bertz CT molecular complexity index is 1460. The summed E-state index contributed by atoms with van der Waals surface area (Å²) in [5, 5.41) is 2.77. The molecule has 1 aliphatic heterocycles. The number of nitrogens with one attached hydrogen (secondary N) is 1. The molecule has 7 nitrogen and oxygen atoms in total. The van der Waals surface area contributed by atoms with Crippen LogP contribution in [0, 0.1) is 0 Å². The molecular weight excluding hydrogens is 408 g/mol. The highest BCUT2D eigenvalue weighted by atomic mass is 16.6. The summed E-state index contributed by atoms with van der Waals surface area (Å²) in [4.78, 5) is 37.2. The van der Waals surface area contributed by atoms with Crippen LogP contribution in [0.2, 0.25) is 0 Å². The van der Waals surface area contributed by atoms with Gasteiger partial charge >= 0.3 is 17.5 Å². The summed E-state index contributed by atoms with van der Waals surface area (Å²) in [5.74, 6) is -1.98. The Hall–Kier alpha value is -4.39. The smallest absolute Gasteiger partial charge is 0.336 e. The Morgan fingerprint density at radius 3 is 2.19 bits per heavy atom. The molecule has 0 unspecified atom stereocenters. The van der Waals surface area contributed by atoms with Gasteiger partial charge in [0, 0.05) is 24.1 Å². The average Bonchev–Trinajstić information content (AvgIpc) is 2.81. The molecule has 1 aromatic heterocycles. The minimum absolute atomic E-state index is 0.0691. The number of fused-ring (bicyclic) bond motifs is 4. The molecule has 0 aliphatic carbocycles. The fourth-order valence-electron chi connectivity index (χ4n) is 3.86. The number of carbonyl (C=O) groups excluding carboxylic acids is 2. The maximum atomic E-state index is 13.2. The summed E-state index contributed by atoms with van der Waals surface area (Å²) in [6, 6.07) is 21.2. The summed E-state index contributed by atoms with van der Waals surface area (Å²) in [7, 11) is 0. The first-order valence-electron chi connectivity index (χ1n) is 10.1. The number of benzene rings is 3. The zero-order valence-electron chi connectivity index (χ0n) is 16.9. The lowest BCUT2D eigenvalue weighted by molar-refractivity contribution is -0.133. The van der Waals surface area contributed by atoms with Crippen molar-refractivity contribution in [3.8, 4) is 11.5 Å². The minimum Gasteiger partial charge on any atom is -0.418 e. The van der Waals surface area contributed by atoms with E-state index in [-0.39, 0.29) is 11.5 Å². The van der Waals surface area contributed by atoms with Gasteiger partial charge in [0.25, 0.3) is 0 Å². The quantitative estimate of drug-likeness (QED) is 0.504. The molecular formula is C25H18N2O5. The van der Waals surface area contributed by atoms with E-state index >= 15 is 0 Å². The van der Waals surface area contributed by atoms with Gasteiger partial charge in [0.2, 0.25) is 5.75 Å². The summed E-state index contributed by atoms with van der Waals surface area (Å²) >= 11 is 0. The van der Waals surface area contributed by atoms with Gasteiger partial charge in [-0.2, -0.15) is 0 Å². The number of esters is 2. The molecule has 3 aromatic carbocycles. The van der Waals surface area contributed by atoms with E-state index in [0.29, 0.717) is 23.9 Å². The molecule has 0 spiro atoms. The summed E-state index contributed by atoms with van der Waals surface area (Å²) < 4.78 is 11.8. The first-order chi connectivity index (χ1) is 15.6. The monoisotopic (exact) mass is 426 g/mol. The van der Waals surface area contributed by atoms with Gasteiger partial charge in [-0.3, -0.25) is 4.79 Å². The molecule has 2 heterocycles. The van der Waals surface area contributed by atoms with E-state index < -0.39 is 17.5 Å². The zero-order chi connectivity index (χ0) is 22.1. The Morgan fingerprint density at radius 1 is 0.719 bits per heavy atom. The van der Waals surface area contributed by atoms with Crippen LogP contribution in [0.25, 0.3) is 21.7 Å². The largest absolute Gasteiger partial charge is 0.418 e. The second-order valence-electron chi connectivity index (χ2n) is 7.29. The number of para-hydroxylation sites is 1. The zero-order valence-corrected chi connectivity index (χ0v) is 16.9. The van der Waals surface area contributed by atoms with E-state index in [0.717, 1.165) is 28.5 Å². The molecule has 0 amide bonds. The predicted molar refractivity (Wildman–Crippen MR) is 120 cm³/mol. The molecule has 158 valence electrons. The lowest BCUT2D eigenvalue weighted by atomic mass is 10.0. The lowest BCUT2D eigenvalue weighted by Crippen LogP contribution is -2.33. The standard InChI is InChI=1S/C25H18N2O5/c28-21-12-13-22(29)32-24-23(31-21)19-10-3-4-11-20(19)27(25(24)30)26-15-14-17-8-5-7-16-6-1-2-9-18(16)17/h1-13,26H,14-15H2/b13-12+. The van der Waals surface area contributed by atoms with Crippen molar-refractivity contribution in [3.05, 3.63) is 94.8 Å². The molecule has 5 rings (SSSR count). The van der Waals surface area contributed by atoms with Crippen LogP contribution < -0.4 is 20.5 Å². The van der Waals surface area contributed by atoms with Crippen LogP contribution >= 0.6 is 0 Å². The first-order valence-corrected chi connectivity index (χ1v) is 10.1. The Balaban J connectivity index is 1.53. The van der Waals surface area contributed by atoms with Gasteiger partial charge in [0.05, 0.1) is 5.52 Å². The van der Waals surface area contributed by atoms with Crippen molar-refractivity contribution in [3.63, 3.8) is 0 Å². The van der Waals surface area contributed by atoms with Crippen LogP contribution in [0.3, 0.4) is 0 Å². The van der Waals surface area contributed by atoms with Crippen molar-refractivity contribution in [1.29, 1.82) is 0 Å². The van der Waals surface area contributed by atoms with E-state index in [9.17, 15) is 14.4 Å². The Kier molecular flexibility index (Phi) is 4.91. The Morgan fingerprint density at radius 2 is 1.38 bits per heavy atom. The first kappa shape index (κ1) is 19.6. The summed E-state index contributed by atoms with van der Waals surface area (Å²) in [6.07, 6.45) is 2.56. The van der Waals surface area contributed by atoms with Gasteiger partial charge in [0.15, 0.2) is 5.75 Å². The van der Waals surface area contributed by atoms with Crippen molar-refractivity contribution >= 4 is 33.6 Å². The lowest BCUT2D eigenvalue weighted by Gasteiger charge is -2.18. The van der Waals surface area contributed by atoms with Crippen LogP contribution in [-0.2, 0) is 16.0 Å². The van der Waals surface area contributed by atoms with Crippen LogP contribution in [-0.4, -0.2) is 23.2 Å². The van der Waals surface area contributed by atoms with Crippen molar-refractivity contribution < 1.29 is 19.1 Å². The number of carbonyl (C=O) groups is 2. The average molecular weight is 426 g/mol. The molecule has 1 N–H and O–H groups in total. The third-order valence-electron chi connectivity index (χ3n) is 5.30. The number of rotatable bonds is 4. The number of aromatic nitrogens is 1. The molecule has 32 heavy (non-hydrogen) atoms. The number of hydrogen-bond donors (Lipinski definition) is 1. The van der Waals surface area contributed by atoms with E-state index in [2.05, 4.69) is 29.7 Å². The number of ether oxygens (including phenoxy) is 2. The van der Waals surface area contributed by atoms with Crippen LogP contribution in [0.4, 0.5) is 0 Å². The number of hydrogen-bond acceptors (Lipinski definition) is 6. The fourth-order valence-corrected chi connectivity index (χ4v) is 3.86. The Labute approximate surface area is 182 Å². The molecule has 7 heteroatoms. The van der Waals surface area contributed by atoms with Crippen molar-refractivity contribution in [2.75, 3.05) is 12.0 Å². The molecule has 4 aromatic rings. The topological polar surface area (TPSA) is 86.6 Å². The van der Waals surface area contributed by atoms with Crippen molar-refractivity contribution in [1.82, 2.24) is 4.68 Å². The number of nitrogens with zero attached hydrogens (tertiary/aromatic N) is 1. The van der Waals surface area contributed by atoms with Gasteiger partial charge in [0.1, 0.15) is 0 Å². The molecule has 0 saturated heterocycles. The molecule has 0 bridgehead atoms. The van der Waals surface area contributed by atoms with Gasteiger partial charge in [-0.15, -0.1) is 0 Å². The molecule has 0 fully saturated rings. The highest BCUT2D eigenvalue weighted by Crippen LogP contribution is 2.33. The van der Waals surface area contributed by atoms with Crippen LogP contribution in [0.5, 0.6) is 11.5 Å². The summed E-state index contributed by atoms with van der Waals surface area (Å²) in [6.45, 7) is 0.449. The van der Waals surface area contributed by atoms with Gasteiger partial charge in [-0.1, -0.05) is 54.6 Å². The van der Waals surface area contributed by atoms with E-state index in [1.54, 1.807) is 24.3 Å². The highest BCUT2D eigenvalue weighted by Gasteiger charge is 2.24. The second kappa shape index (κ2) is 8.03. The third kappa shape index (κ3) is 3.50. The van der Waals surface area contributed by atoms with Crippen molar-refractivity contribution in [2.24, 2.45) is 0 Å². The molecule has 0 atom stereocenters. The number of pyridine rings is 1. The second-order valence-corrected chi connectivity index (χ2v) is 7.29. The fraction of sp³-hybridized carbons (Fsp3) is 0.0800. The third-order valence-corrected chi connectivity index (χ3v) is 5.30. The summed E-state index contributed by atoms with van der Waals surface area (Å²) in [5.41, 5.74) is 4.16. The molecule has 0 saturated carbocycles. The minimum atomic E-state index is -0.822. The van der Waals surface area contributed by atoms with Crippen LogP contribution in [0.1, 0.15) is 5.56 Å². The molecule has 1 aliphatic rings. The normalized spacial score (nSPS) is 14.2. The SMILES string of the molecule is O=C1/C=C/C(=O)Oc2c(c(=O)n(NCCc3cccc4ccccc34)c3ccccc23)O1.